The molecule has 0 bridgehead atoms. The van der Waals surface area contributed by atoms with E-state index in [9.17, 15) is 14.0 Å². The largest absolute Gasteiger partial charge is 0.497 e. The minimum Gasteiger partial charge on any atom is -0.497 e. The lowest BCUT2D eigenvalue weighted by molar-refractivity contribution is -0.143. The van der Waals surface area contributed by atoms with Gasteiger partial charge in [0.1, 0.15) is 11.6 Å². The second kappa shape index (κ2) is 9.50. The summed E-state index contributed by atoms with van der Waals surface area (Å²) in [5.41, 5.74) is 1.58. The Kier molecular flexibility index (Phi) is 6.58. The highest BCUT2D eigenvalue weighted by Crippen LogP contribution is 2.22. The zero-order valence-corrected chi connectivity index (χ0v) is 15.9. The lowest BCUT2D eigenvalue weighted by Crippen LogP contribution is -2.28. The quantitative estimate of drug-likeness (QED) is 0.489. The van der Waals surface area contributed by atoms with E-state index in [0.29, 0.717) is 0 Å². The number of halogens is 1. The van der Waals surface area contributed by atoms with E-state index in [1.165, 1.54) is 18.2 Å². The number of benzene rings is 3. The van der Waals surface area contributed by atoms with E-state index in [1.807, 2.05) is 36.4 Å². The third-order valence-electron chi connectivity index (χ3n) is 4.23. The Hall–Kier alpha value is -3.67. The molecule has 1 amide bonds. The predicted molar refractivity (Wildman–Crippen MR) is 109 cm³/mol. The number of hydrogen-bond acceptors (Lipinski definition) is 4. The van der Waals surface area contributed by atoms with Crippen molar-refractivity contribution in [3.63, 3.8) is 0 Å². The SMILES string of the molecule is COc1ccc2cc(/C=C/C(=O)OCC(=O)NCc3ccc(F)cc3)ccc2c1. The van der Waals surface area contributed by atoms with Gasteiger partial charge in [-0.05, 0) is 58.3 Å². The molecule has 5 nitrogen and oxygen atoms in total. The normalized spacial score (nSPS) is 10.8. The Morgan fingerprint density at radius 1 is 1.00 bits per heavy atom. The molecule has 0 unspecified atom stereocenters. The van der Waals surface area contributed by atoms with Gasteiger partial charge in [-0.3, -0.25) is 4.79 Å². The number of fused-ring (bicyclic) bond motifs is 1. The monoisotopic (exact) mass is 393 g/mol. The van der Waals surface area contributed by atoms with E-state index in [-0.39, 0.29) is 19.0 Å². The van der Waals surface area contributed by atoms with Gasteiger partial charge >= 0.3 is 5.97 Å². The number of ether oxygens (including phenoxy) is 2. The molecule has 6 heteroatoms. The molecule has 3 rings (SSSR count). The second-order valence-electron chi connectivity index (χ2n) is 6.32. The van der Waals surface area contributed by atoms with E-state index in [4.69, 9.17) is 9.47 Å². The third-order valence-corrected chi connectivity index (χ3v) is 4.23. The lowest BCUT2D eigenvalue weighted by Gasteiger charge is -2.06. The Labute approximate surface area is 167 Å². The highest BCUT2D eigenvalue weighted by atomic mass is 19.1. The molecule has 29 heavy (non-hydrogen) atoms. The van der Waals surface area contributed by atoms with Crippen molar-refractivity contribution in [2.24, 2.45) is 0 Å². The highest BCUT2D eigenvalue weighted by molar-refractivity contribution is 5.91. The number of esters is 1. The summed E-state index contributed by atoms with van der Waals surface area (Å²) < 4.78 is 23.0. The van der Waals surface area contributed by atoms with Gasteiger partial charge in [0.25, 0.3) is 5.91 Å². The van der Waals surface area contributed by atoms with Gasteiger partial charge in [-0.15, -0.1) is 0 Å². The van der Waals surface area contributed by atoms with Crippen LogP contribution in [0, 0.1) is 5.82 Å². The molecule has 148 valence electrons. The van der Waals surface area contributed by atoms with Crippen molar-refractivity contribution < 1.29 is 23.5 Å². The first-order chi connectivity index (χ1) is 14.0. The topological polar surface area (TPSA) is 64.6 Å². The van der Waals surface area contributed by atoms with Crippen LogP contribution in [0.3, 0.4) is 0 Å². The number of nitrogens with one attached hydrogen (secondary N) is 1. The number of methoxy groups -OCH3 is 1. The van der Waals surface area contributed by atoms with Crippen molar-refractivity contribution in [2.45, 2.75) is 6.54 Å². The first-order valence-corrected chi connectivity index (χ1v) is 8.97. The van der Waals surface area contributed by atoms with Crippen LogP contribution in [0.25, 0.3) is 16.8 Å². The van der Waals surface area contributed by atoms with Crippen molar-refractivity contribution in [3.8, 4) is 5.75 Å². The summed E-state index contributed by atoms with van der Waals surface area (Å²) in [7, 11) is 1.62. The molecule has 0 saturated carbocycles. The summed E-state index contributed by atoms with van der Waals surface area (Å²) in [5.74, 6) is -0.610. The number of rotatable bonds is 7. The fraction of sp³-hybridized carbons (Fsp3) is 0.130. The number of carbonyl (C=O) groups is 2. The van der Waals surface area contributed by atoms with E-state index in [1.54, 1.807) is 25.3 Å². The second-order valence-corrected chi connectivity index (χ2v) is 6.32. The van der Waals surface area contributed by atoms with Gasteiger partial charge in [-0.25, -0.2) is 9.18 Å². The maximum Gasteiger partial charge on any atom is 0.331 e. The Balaban J connectivity index is 1.48. The molecule has 0 spiro atoms. The van der Waals surface area contributed by atoms with Gasteiger partial charge in [0.15, 0.2) is 6.61 Å². The predicted octanol–water partition coefficient (Wildman–Crippen LogP) is 3.86. The summed E-state index contributed by atoms with van der Waals surface area (Å²) in [5, 5.41) is 4.65. The van der Waals surface area contributed by atoms with Crippen molar-refractivity contribution in [1.82, 2.24) is 5.32 Å². The van der Waals surface area contributed by atoms with Crippen LogP contribution in [-0.2, 0) is 20.9 Å². The van der Waals surface area contributed by atoms with Crippen molar-refractivity contribution >= 4 is 28.7 Å². The summed E-state index contributed by atoms with van der Waals surface area (Å²) in [4.78, 5) is 23.6. The van der Waals surface area contributed by atoms with Crippen LogP contribution in [0.2, 0.25) is 0 Å². The van der Waals surface area contributed by atoms with Gasteiger partial charge in [-0.2, -0.15) is 0 Å². The lowest BCUT2D eigenvalue weighted by atomic mass is 10.1. The van der Waals surface area contributed by atoms with Crippen LogP contribution in [-0.4, -0.2) is 25.6 Å². The van der Waals surface area contributed by atoms with Crippen molar-refractivity contribution in [2.75, 3.05) is 13.7 Å². The average Bonchev–Trinajstić information content (AvgIpc) is 2.75. The van der Waals surface area contributed by atoms with Gasteiger partial charge in [0.2, 0.25) is 0 Å². The molecular formula is C23H20FNO4. The summed E-state index contributed by atoms with van der Waals surface area (Å²) in [6.07, 6.45) is 2.90. The molecular weight excluding hydrogens is 373 g/mol. The van der Waals surface area contributed by atoms with Crippen LogP contribution in [0.15, 0.2) is 66.7 Å². The number of carbonyl (C=O) groups excluding carboxylic acids is 2. The minimum absolute atomic E-state index is 0.231. The first-order valence-electron chi connectivity index (χ1n) is 8.97. The zero-order valence-electron chi connectivity index (χ0n) is 15.9. The van der Waals surface area contributed by atoms with Crippen LogP contribution in [0.4, 0.5) is 4.39 Å². The van der Waals surface area contributed by atoms with Gasteiger partial charge in [0.05, 0.1) is 7.11 Å². The molecule has 0 aliphatic rings. The molecule has 3 aromatic carbocycles. The molecule has 0 heterocycles. The fourth-order valence-electron chi connectivity index (χ4n) is 2.68. The molecule has 0 radical (unpaired) electrons. The minimum atomic E-state index is -0.614. The maximum absolute atomic E-state index is 12.8. The Bertz CT molecular complexity index is 1040. The van der Waals surface area contributed by atoms with E-state index >= 15 is 0 Å². The number of hydrogen-bond donors (Lipinski definition) is 1. The Morgan fingerprint density at radius 3 is 2.48 bits per heavy atom. The van der Waals surface area contributed by atoms with E-state index in [0.717, 1.165) is 27.6 Å². The number of amides is 1. The van der Waals surface area contributed by atoms with Crippen LogP contribution in [0.5, 0.6) is 5.75 Å². The van der Waals surface area contributed by atoms with Gasteiger partial charge < -0.3 is 14.8 Å². The van der Waals surface area contributed by atoms with Crippen LogP contribution in [0.1, 0.15) is 11.1 Å². The van der Waals surface area contributed by atoms with E-state index < -0.39 is 11.9 Å². The molecule has 0 saturated heterocycles. The van der Waals surface area contributed by atoms with Crippen LogP contribution >= 0.6 is 0 Å². The molecule has 0 aliphatic heterocycles. The standard InChI is InChI=1S/C23H20FNO4/c1-28-21-10-7-18-12-16(2-6-19(18)13-21)5-11-23(27)29-15-22(26)25-14-17-3-8-20(24)9-4-17/h2-13H,14-15H2,1H3,(H,25,26)/b11-5+. The maximum atomic E-state index is 12.8. The molecule has 3 aromatic rings. The van der Waals surface area contributed by atoms with E-state index in [2.05, 4.69) is 5.32 Å². The molecule has 0 fully saturated rings. The van der Waals surface area contributed by atoms with Crippen molar-refractivity contribution in [3.05, 3.63) is 83.7 Å². The van der Waals surface area contributed by atoms with Crippen molar-refractivity contribution in [1.29, 1.82) is 0 Å². The van der Waals surface area contributed by atoms with Crippen LogP contribution < -0.4 is 10.1 Å². The molecule has 0 aromatic heterocycles. The molecule has 1 N–H and O–H groups in total. The third kappa shape index (κ3) is 5.90. The first kappa shape index (κ1) is 20.1. The fourth-order valence-corrected chi connectivity index (χ4v) is 2.68. The summed E-state index contributed by atoms with van der Waals surface area (Å²) in [6, 6.07) is 17.3. The summed E-state index contributed by atoms with van der Waals surface area (Å²) >= 11 is 0. The smallest absolute Gasteiger partial charge is 0.331 e. The molecule has 0 aliphatic carbocycles. The highest BCUT2D eigenvalue weighted by Gasteiger charge is 2.05. The summed E-state index contributed by atoms with van der Waals surface area (Å²) in [6.45, 7) is -0.156. The van der Waals surface area contributed by atoms with Gasteiger partial charge in [-0.1, -0.05) is 30.3 Å². The Morgan fingerprint density at radius 2 is 1.72 bits per heavy atom. The van der Waals surface area contributed by atoms with Gasteiger partial charge in [0, 0.05) is 12.6 Å². The average molecular weight is 393 g/mol. The molecule has 0 atom stereocenters. The zero-order chi connectivity index (χ0) is 20.6.